The van der Waals surface area contributed by atoms with E-state index in [4.69, 9.17) is 4.74 Å². The summed E-state index contributed by atoms with van der Waals surface area (Å²) in [6.07, 6.45) is 3.09. The van der Waals surface area contributed by atoms with Crippen LogP contribution in [0.1, 0.15) is 11.1 Å². The number of phenolic OH excluding ortho intramolecular Hbond substituents is 1. The number of phenols is 1. The van der Waals surface area contributed by atoms with Crippen LogP contribution in [0, 0.1) is 0 Å². The Kier molecular flexibility index (Phi) is 5.68. The zero-order chi connectivity index (χ0) is 18.2. The summed E-state index contributed by atoms with van der Waals surface area (Å²) < 4.78 is 5.76. The van der Waals surface area contributed by atoms with Crippen molar-refractivity contribution < 1.29 is 14.6 Å². The standard InChI is InChI=1S/C22H19NO3/c24-19-9-6-7-17(15-19)13-14-22(25)23-21-12-5-4-8-18(21)16-26-20-10-2-1-3-11-20/h1-15,24H,16H2,(H,23,25)/b14-13+. The molecule has 3 aromatic rings. The van der Waals surface area contributed by atoms with Gasteiger partial charge in [0.15, 0.2) is 0 Å². The lowest BCUT2D eigenvalue weighted by Crippen LogP contribution is -2.10. The Bertz CT molecular complexity index is 904. The first kappa shape index (κ1) is 17.3. The molecule has 2 N–H and O–H groups in total. The lowest BCUT2D eigenvalue weighted by Gasteiger charge is -2.11. The van der Waals surface area contributed by atoms with E-state index in [9.17, 15) is 9.90 Å². The van der Waals surface area contributed by atoms with Crippen LogP contribution in [-0.2, 0) is 11.4 Å². The fourth-order valence-electron chi connectivity index (χ4n) is 2.42. The maximum absolute atomic E-state index is 12.2. The predicted octanol–water partition coefficient (Wildman–Crippen LogP) is 4.62. The number of anilines is 1. The molecule has 26 heavy (non-hydrogen) atoms. The van der Waals surface area contributed by atoms with Gasteiger partial charge in [-0.3, -0.25) is 4.79 Å². The summed E-state index contributed by atoms with van der Waals surface area (Å²) in [5.74, 6) is 0.689. The van der Waals surface area contributed by atoms with Crippen LogP contribution in [-0.4, -0.2) is 11.0 Å². The van der Waals surface area contributed by atoms with Crippen LogP contribution in [0.3, 0.4) is 0 Å². The van der Waals surface area contributed by atoms with Crippen LogP contribution in [0.4, 0.5) is 5.69 Å². The van der Waals surface area contributed by atoms with Crippen LogP contribution in [0.2, 0.25) is 0 Å². The third-order valence-electron chi connectivity index (χ3n) is 3.71. The largest absolute Gasteiger partial charge is 0.508 e. The van der Waals surface area contributed by atoms with Gasteiger partial charge in [0, 0.05) is 17.3 Å². The first-order chi connectivity index (χ1) is 12.7. The maximum atomic E-state index is 12.2. The average Bonchev–Trinajstić information content (AvgIpc) is 2.67. The summed E-state index contributed by atoms with van der Waals surface area (Å²) in [7, 11) is 0. The van der Waals surface area contributed by atoms with Crippen LogP contribution in [0.5, 0.6) is 11.5 Å². The van der Waals surface area contributed by atoms with Crippen molar-refractivity contribution in [2.75, 3.05) is 5.32 Å². The summed E-state index contributed by atoms with van der Waals surface area (Å²) in [6.45, 7) is 0.358. The second kappa shape index (κ2) is 8.53. The smallest absolute Gasteiger partial charge is 0.248 e. The van der Waals surface area contributed by atoms with Crippen molar-refractivity contribution in [3.05, 3.63) is 96.1 Å². The minimum absolute atomic E-state index is 0.163. The fraction of sp³-hybridized carbons (Fsp3) is 0.0455. The first-order valence-corrected chi connectivity index (χ1v) is 8.24. The molecule has 0 aliphatic heterocycles. The molecule has 0 atom stereocenters. The Hall–Kier alpha value is -3.53. The highest BCUT2D eigenvalue weighted by molar-refractivity contribution is 6.02. The molecule has 0 unspecified atom stereocenters. The molecule has 0 aliphatic carbocycles. The molecule has 3 aromatic carbocycles. The van der Waals surface area contributed by atoms with E-state index in [0.717, 1.165) is 16.9 Å². The average molecular weight is 345 g/mol. The van der Waals surface area contributed by atoms with Crippen molar-refractivity contribution in [2.24, 2.45) is 0 Å². The van der Waals surface area contributed by atoms with Crippen LogP contribution in [0.25, 0.3) is 6.08 Å². The van der Waals surface area contributed by atoms with Crippen molar-refractivity contribution in [1.29, 1.82) is 0 Å². The molecule has 1 amide bonds. The molecule has 0 saturated heterocycles. The number of amides is 1. The highest BCUT2D eigenvalue weighted by Crippen LogP contribution is 2.19. The number of hydrogen-bond acceptors (Lipinski definition) is 3. The van der Waals surface area contributed by atoms with Gasteiger partial charge >= 0.3 is 0 Å². The first-order valence-electron chi connectivity index (χ1n) is 8.24. The SMILES string of the molecule is O=C(/C=C/c1cccc(O)c1)Nc1ccccc1COc1ccccc1. The van der Waals surface area contributed by atoms with Gasteiger partial charge in [0.25, 0.3) is 0 Å². The van der Waals surface area contributed by atoms with Crippen molar-refractivity contribution in [3.8, 4) is 11.5 Å². The number of hydrogen-bond donors (Lipinski definition) is 2. The Labute approximate surface area is 152 Å². The van der Waals surface area contributed by atoms with Crippen molar-refractivity contribution in [2.45, 2.75) is 6.61 Å². The highest BCUT2D eigenvalue weighted by Gasteiger charge is 2.05. The fourth-order valence-corrected chi connectivity index (χ4v) is 2.42. The second-order valence-corrected chi connectivity index (χ2v) is 5.68. The number of carbonyl (C=O) groups is 1. The van der Waals surface area contributed by atoms with Crippen LogP contribution < -0.4 is 10.1 Å². The molecule has 4 nitrogen and oxygen atoms in total. The number of carbonyl (C=O) groups excluding carboxylic acids is 1. The zero-order valence-corrected chi connectivity index (χ0v) is 14.1. The van der Waals surface area contributed by atoms with Gasteiger partial charge in [-0.15, -0.1) is 0 Å². The van der Waals surface area contributed by atoms with E-state index in [2.05, 4.69) is 5.32 Å². The summed E-state index contributed by atoms with van der Waals surface area (Å²) >= 11 is 0. The number of para-hydroxylation sites is 2. The number of rotatable bonds is 6. The van der Waals surface area contributed by atoms with Gasteiger partial charge in [0.1, 0.15) is 18.1 Å². The monoisotopic (exact) mass is 345 g/mol. The van der Waals surface area contributed by atoms with Crippen LogP contribution >= 0.6 is 0 Å². The zero-order valence-electron chi connectivity index (χ0n) is 14.1. The second-order valence-electron chi connectivity index (χ2n) is 5.68. The molecule has 3 rings (SSSR count). The summed E-state index contributed by atoms with van der Waals surface area (Å²) in [5, 5.41) is 12.3. The van der Waals surface area contributed by atoms with Gasteiger partial charge in [0.2, 0.25) is 5.91 Å². The van der Waals surface area contributed by atoms with E-state index in [1.165, 1.54) is 6.08 Å². The number of nitrogens with one attached hydrogen (secondary N) is 1. The number of ether oxygens (including phenoxy) is 1. The van der Waals surface area contributed by atoms with E-state index in [1.54, 1.807) is 24.3 Å². The normalized spacial score (nSPS) is 10.6. The van der Waals surface area contributed by atoms with Gasteiger partial charge in [-0.2, -0.15) is 0 Å². The molecule has 0 bridgehead atoms. The van der Waals surface area contributed by atoms with E-state index < -0.39 is 0 Å². The number of benzene rings is 3. The van der Waals surface area contributed by atoms with Crippen molar-refractivity contribution >= 4 is 17.7 Å². The van der Waals surface area contributed by atoms with Gasteiger partial charge < -0.3 is 15.2 Å². The van der Waals surface area contributed by atoms with Gasteiger partial charge in [-0.05, 0) is 42.0 Å². The third-order valence-corrected chi connectivity index (χ3v) is 3.71. The highest BCUT2D eigenvalue weighted by atomic mass is 16.5. The quantitative estimate of drug-likeness (QED) is 0.641. The van der Waals surface area contributed by atoms with Gasteiger partial charge in [-0.1, -0.05) is 48.5 Å². The topological polar surface area (TPSA) is 58.6 Å². The Morgan fingerprint density at radius 3 is 2.54 bits per heavy atom. The van der Waals surface area contributed by atoms with Crippen molar-refractivity contribution in [3.63, 3.8) is 0 Å². The molecule has 130 valence electrons. The summed E-state index contributed by atoms with van der Waals surface area (Å²) in [5.41, 5.74) is 2.34. The summed E-state index contributed by atoms with van der Waals surface area (Å²) in [6, 6.07) is 23.8. The van der Waals surface area contributed by atoms with Crippen molar-refractivity contribution in [1.82, 2.24) is 0 Å². The Morgan fingerprint density at radius 1 is 0.962 bits per heavy atom. The molecule has 0 heterocycles. The molecule has 0 aromatic heterocycles. The minimum Gasteiger partial charge on any atom is -0.508 e. The molecule has 0 radical (unpaired) electrons. The Balaban J connectivity index is 1.65. The molecule has 0 fully saturated rings. The molecule has 4 heteroatoms. The lowest BCUT2D eigenvalue weighted by atomic mass is 10.1. The van der Waals surface area contributed by atoms with E-state index in [-0.39, 0.29) is 11.7 Å². The minimum atomic E-state index is -0.250. The van der Waals surface area contributed by atoms with E-state index in [1.807, 2.05) is 60.7 Å². The van der Waals surface area contributed by atoms with E-state index in [0.29, 0.717) is 12.3 Å². The molecule has 0 spiro atoms. The molecule has 0 saturated carbocycles. The van der Waals surface area contributed by atoms with Crippen LogP contribution in [0.15, 0.2) is 84.9 Å². The summed E-state index contributed by atoms with van der Waals surface area (Å²) in [4.78, 5) is 12.2. The predicted molar refractivity (Wildman–Crippen MR) is 103 cm³/mol. The number of aromatic hydroxyl groups is 1. The Morgan fingerprint density at radius 2 is 1.73 bits per heavy atom. The molecular formula is C22H19NO3. The van der Waals surface area contributed by atoms with E-state index >= 15 is 0 Å². The third kappa shape index (κ3) is 4.98. The lowest BCUT2D eigenvalue weighted by molar-refractivity contribution is -0.111. The van der Waals surface area contributed by atoms with Gasteiger partial charge in [-0.25, -0.2) is 0 Å². The maximum Gasteiger partial charge on any atom is 0.248 e. The van der Waals surface area contributed by atoms with Gasteiger partial charge in [0.05, 0.1) is 0 Å². The molecular weight excluding hydrogens is 326 g/mol. The molecule has 0 aliphatic rings.